The lowest BCUT2D eigenvalue weighted by Gasteiger charge is -2.37. The van der Waals surface area contributed by atoms with Crippen LogP contribution in [-0.4, -0.2) is 97.7 Å². The summed E-state index contributed by atoms with van der Waals surface area (Å²) < 4.78 is 16.6. The highest BCUT2D eigenvalue weighted by molar-refractivity contribution is 9.10. The average Bonchev–Trinajstić information content (AvgIpc) is 3.45. The smallest absolute Gasteiger partial charge is 0.407 e. The lowest BCUT2D eigenvalue weighted by atomic mass is 9.89. The molecule has 3 rings (SSSR count). The molecule has 4 atom stereocenters. The molecule has 0 radical (unpaired) electrons. The first-order chi connectivity index (χ1) is 19.7. The fraction of sp³-hybridized carbons (Fsp3) is 0.500. The van der Waals surface area contributed by atoms with Gasteiger partial charge in [0.1, 0.15) is 12.1 Å². The fourth-order valence-electron chi connectivity index (χ4n) is 4.58. The van der Waals surface area contributed by atoms with Crippen LogP contribution in [0.1, 0.15) is 29.6 Å². The van der Waals surface area contributed by atoms with Gasteiger partial charge in [0.05, 0.1) is 18.7 Å². The van der Waals surface area contributed by atoms with Crippen molar-refractivity contribution < 1.29 is 38.2 Å². The number of amides is 4. The number of esters is 1. The summed E-state index contributed by atoms with van der Waals surface area (Å²) in [7, 11) is 1.25. The molecule has 1 saturated heterocycles. The molecule has 15 heteroatoms. The van der Waals surface area contributed by atoms with E-state index < -0.39 is 54.3 Å². The van der Waals surface area contributed by atoms with E-state index in [-0.39, 0.29) is 42.4 Å². The van der Waals surface area contributed by atoms with Crippen LogP contribution >= 0.6 is 39.1 Å². The van der Waals surface area contributed by atoms with Crippen molar-refractivity contribution >= 4 is 69.1 Å². The summed E-state index contributed by atoms with van der Waals surface area (Å²) in [4.78, 5) is 65.8. The van der Waals surface area contributed by atoms with Crippen molar-refractivity contribution in [2.75, 3.05) is 38.5 Å². The van der Waals surface area contributed by atoms with Gasteiger partial charge < -0.3 is 35.1 Å². The van der Waals surface area contributed by atoms with Crippen LogP contribution in [0.3, 0.4) is 0 Å². The molecule has 1 aliphatic heterocycles. The number of nitrogens with zero attached hydrogens (tertiary/aromatic N) is 1. The molecule has 0 spiro atoms. The second-order valence-corrected chi connectivity index (χ2v) is 10.7. The van der Waals surface area contributed by atoms with Gasteiger partial charge in [-0.1, -0.05) is 12.1 Å². The maximum atomic E-state index is 13.7. The van der Waals surface area contributed by atoms with Crippen LogP contribution < -0.4 is 16.0 Å². The molecule has 3 N–H and O–H groups in total. The number of nitrogens with one attached hydrogen (secondary N) is 3. The molecule has 4 amide bonds. The molecule has 224 valence electrons. The van der Waals surface area contributed by atoms with E-state index in [2.05, 4.69) is 31.9 Å². The molecule has 1 aromatic carbocycles. The lowest BCUT2D eigenvalue weighted by molar-refractivity contribution is -0.150. The van der Waals surface area contributed by atoms with Crippen LogP contribution in [0.15, 0.2) is 40.4 Å². The number of carbonyl (C=O) groups excluding carboxylic acids is 5. The van der Waals surface area contributed by atoms with Gasteiger partial charge in [0.15, 0.2) is 6.10 Å². The topological polar surface area (TPSA) is 152 Å². The van der Waals surface area contributed by atoms with Crippen LogP contribution in [0, 0.1) is 0 Å². The third-order valence-electron chi connectivity index (χ3n) is 6.43. The molecular weight excluding hydrogens is 647 g/mol. The first-order valence-electron chi connectivity index (χ1n) is 12.9. The molecule has 1 heterocycles. The van der Waals surface area contributed by atoms with E-state index in [0.29, 0.717) is 23.9 Å². The number of rotatable bonds is 10. The molecule has 0 saturated carbocycles. The third kappa shape index (κ3) is 8.73. The Morgan fingerprint density at radius 1 is 1.02 bits per heavy atom. The molecular formula is C26H31BrCl2N4O8. The first kappa shape index (κ1) is 32.5. The van der Waals surface area contributed by atoms with Crippen molar-refractivity contribution in [3.63, 3.8) is 0 Å². The summed E-state index contributed by atoms with van der Waals surface area (Å²) in [6.45, 7) is 0.520. The minimum absolute atomic E-state index is 0.103. The Morgan fingerprint density at radius 3 is 2.32 bits per heavy atom. The first-order valence-corrected chi connectivity index (χ1v) is 14.7. The van der Waals surface area contributed by atoms with E-state index in [1.165, 1.54) is 18.1 Å². The normalized spacial score (nSPS) is 21.8. The zero-order chi connectivity index (χ0) is 29.9. The average molecular weight is 678 g/mol. The number of hydrogen-bond donors (Lipinski definition) is 3. The van der Waals surface area contributed by atoms with Crippen LogP contribution in [-0.2, 0) is 23.8 Å². The molecule has 1 fully saturated rings. The van der Waals surface area contributed by atoms with Crippen LogP contribution in [0.5, 0.6) is 0 Å². The van der Waals surface area contributed by atoms with Gasteiger partial charge in [0.25, 0.3) is 5.91 Å². The number of hydrogen-bond acceptors (Lipinski definition) is 8. The van der Waals surface area contributed by atoms with Gasteiger partial charge in [-0.25, -0.2) is 14.4 Å². The number of benzene rings is 1. The summed E-state index contributed by atoms with van der Waals surface area (Å²) in [6.07, 6.45) is -1.82. The van der Waals surface area contributed by atoms with Crippen LogP contribution in [0.2, 0.25) is 0 Å². The second kappa shape index (κ2) is 15.8. The highest BCUT2D eigenvalue weighted by atomic mass is 79.9. The quantitative estimate of drug-likeness (QED) is 0.194. The van der Waals surface area contributed by atoms with Crippen molar-refractivity contribution in [3.8, 4) is 0 Å². The Kier molecular flexibility index (Phi) is 12.5. The van der Waals surface area contributed by atoms with Crippen molar-refractivity contribution in [3.05, 3.63) is 46.0 Å². The minimum atomic E-state index is -1.23. The Bertz CT molecular complexity index is 1170. The van der Waals surface area contributed by atoms with Crippen molar-refractivity contribution in [1.29, 1.82) is 0 Å². The highest BCUT2D eigenvalue weighted by Crippen LogP contribution is 2.30. The predicted octanol–water partition coefficient (Wildman–Crippen LogP) is 2.71. The molecule has 1 aromatic rings. The van der Waals surface area contributed by atoms with Crippen molar-refractivity contribution in [1.82, 2.24) is 20.9 Å². The van der Waals surface area contributed by atoms with Crippen LogP contribution in [0.25, 0.3) is 0 Å². The van der Waals surface area contributed by atoms with E-state index in [1.807, 2.05) is 0 Å². The Balaban J connectivity index is 1.99. The zero-order valence-electron chi connectivity index (χ0n) is 22.2. The molecule has 41 heavy (non-hydrogen) atoms. The van der Waals surface area contributed by atoms with Gasteiger partial charge >= 0.3 is 18.2 Å². The Morgan fingerprint density at radius 2 is 1.68 bits per heavy atom. The number of carbonyl (C=O) groups is 5. The standard InChI is InChI=1S/C26H31BrCl2N4O8/c1-39-24(36)19-7-4-12-33(19)23(35)15-13-18(32-22(34)16-5-2-3-6-17(16)27)21(41-26(38)31-11-9-29)20(14-15)40-25(37)30-10-8-28/h2-3,5-6,13,18-21H,4,7-12,14H2,1H3,(H,30,37)(H,31,38)(H,32,34)/t18-,19-,20-,21-/m1/s1. The summed E-state index contributed by atoms with van der Waals surface area (Å²) in [5.74, 6) is -1.33. The van der Waals surface area contributed by atoms with E-state index in [0.717, 1.165) is 0 Å². The fourth-order valence-corrected chi connectivity index (χ4v) is 5.23. The third-order valence-corrected chi connectivity index (χ3v) is 7.50. The minimum Gasteiger partial charge on any atom is -0.467 e. The van der Waals surface area contributed by atoms with E-state index in [4.69, 9.17) is 37.4 Å². The molecule has 0 unspecified atom stereocenters. The largest absolute Gasteiger partial charge is 0.467 e. The van der Waals surface area contributed by atoms with Gasteiger partial charge in [-0.2, -0.15) is 0 Å². The van der Waals surface area contributed by atoms with E-state index >= 15 is 0 Å². The monoisotopic (exact) mass is 676 g/mol. The number of methoxy groups -OCH3 is 1. The predicted molar refractivity (Wildman–Crippen MR) is 153 cm³/mol. The molecule has 0 bridgehead atoms. The number of alkyl halides is 2. The molecule has 2 aliphatic rings. The van der Waals surface area contributed by atoms with Gasteiger partial charge in [0, 0.05) is 47.9 Å². The zero-order valence-corrected chi connectivity index (χ0v) is 25.3. The van der Waals surface area contributed by atoms with Gasteiger partial charge in [-0.3, -0.25) is 9.59 Å². The maximum Gasteiger partial charge on any atom is 0.407 e. The van der Waals surface area contributed by atoms with Gasteiger partial charge in [-0.05, 0) is 47.0 Å². The number of ether oxygens (including phenoxy) is 3. The van der Waals surface area contributed by atoms with Gasteiger partial charge in [-0.15, -0.1) is 23.2 Å². The van der Waals surface area contributed by atoms with E-state index in [9.17, 15) is 24.0 Å². The molecule has 0 aromatic heterocycles. The maximum absolute atomic E-state index is 13.7. The summed E-state index contributed by atoms with van der Waals surface area (Å²) in [6, 6.07) is 4.80. The van der Waals surface area contributed by atoms with E-state index in [1.54, 1.807) is 24.3 Å². The van der Waals surface area contributed by atoms with Crippen molar-refractivity contribution in [2.24, 2.45) is 0 Å². The summed E-state index contributed by atoms with van der Waals surface area (Å²) in [5.41, 5.74) is 0.446. The second-order valence-electron chi connectivity index (χ2n) is 9.10. The van der Waals surface area contributed by atoms with Crippen molar-refractivity contribution in [2.45, 2.75) is 43.6 Å². The van der Waals surface area contributed by atoms with Gasteiger partial charge in [0.2, 0.25) is 5.91 Å². The number of alkyl carbamates (subject to hydrolysis) is 2. The Labute approximate surface area is 255 Å². The number of halogens is 3. The highest BCUT2D eigenvalue weighted by Gasteiger charge is 2.44. The Hall–Kier alpha value is -3.03. The molecule has 12 nitrogen and oxygen atoms in total. The SMILES string of the molecule is COC(=O)[C@H]1CCCN1C(=O)C1=C[C@@H](NC(=O)c2ccccc2Br)[C@@H](OC(=O)NCCCl)[C@H](OC(=O)NCCCl)C1. The lowest BCUT2D eigenvalue weighted by Crippen LogP contribution is -2.55. The number of likely N-dealkylation sites (tertiary alicyclic amines) is 1. The summed E-state index contributed by atoms with van der Waals surface area (Å²) >= 11 is 14.7. The summed E-state index contributed by atoms with van der Waals surface area (Å²) in [5, 5.41) is 7.72. The van der Waals surface area contributed by atoms with Crippen LogP contribution in [0.4, 0.5) is 9.59 Å². The molecule has 1 aliphatic carbocycles.